The van der Waals surface area contributed by atoms with Gasteiger partial charge in [-0.2, -0.15) is 54.8 Å². The molecule has 3 aliphatic rings. The van der Waals surface area contributed by atoms with Crippen LogP contribution < -0.4 is 0 Å². The van der Waals surface area contributed by atoms with Crippen molar-refractivity contribution in [3.05, 3.63) is 191 Å². The quantitative estimate of drug-likeness (QED) is 0.0988. The van der Waals surface area contributed by atoms with E-state index in [0.29, 0.717) is 101 Å². The smallest absolute Gasteiger partial charge is 0.383 e. The van der Waals surface area contributed by atoms with Crippen molar-refractivity contribution in [1.29, 1.82) is 0 Å². The first-order valence-electron chi connectivity index (χ1n) is 31.1. The summed E-state index contributed by atoms with van der Waals surface area (Å²) in [5.41, 5.74) is 4.27. The number of benzene rings is 3. The normalized spacial score (nSPS) is 16.1. The lowest BCUT2D eigenvalue weighted by Gasteiger charge is -2.35. The van der Waals surface area contributed by atoms with Crippen LogP contribution in [-0.2, 0) is 81.8 Å². The van der Waals surface area contributed by atoms with Crippen molar-refractivity contribution in [3.8, 4) is 34.2 Å². The van der Waals surface area contributed by atoms with Crippen LogP contribution in [0, 0.1) is 20.8 Å². The van der Waals surface area contributed by atoms with Crippen molar-refractivity contribution in [1.82, 2.24) is 73.9 Å². The van der Waals surface area contributed by atoms with E-state index in [0.717, 1.165) is 34.9 Å². The fourth-order valence-electron chi connectivity index (χ4n) is 12.0. The second-order valence-corrected chi connectivity index (χ2v) is 25.0. The molecule has 33 heteroatoms. The Morgan fingerprint density at radius 2 is 0.730 bits per heavy atom. The highest BCUT2D eigenvalue weighted by atomic mass is 35.5. The van der Waals surface area contributed by atoms with E-state index in [-0.39, 0.29) is 67.5 Å². The van der Waals surface area contributed by atoms with Gasteiger partial charge in [0.1, 0.15) is 47.9 Å². The lowest BCUT2D eigenvalue weighted by molar-refractivity contribution is -0.138. The summed E-state index contributed by atoms with van der Waals surface area (Å²) in [6.07, 6.45) is -7.64. The zero-order valence-corrected chi connectivity index (χ0v) is 56.8. The molecule has 9 aromatic rings. The minimum Gasteiger partial charge on any atom is -0.383 e. The second kappa shape index (κ2) is 30.1. The average Bonchev–Trinajstić information content (AvgIpc) is 0.978. The summed E-state index contributed by atoms with van der Waals surface area (Å²) in [5, 5.41) is 11.5. The molecule has 12 rings (SSSR count). The Morgan fingerprint density at radius 3 is 0.990 bits per heavy atom. The van der Waals surface area contributed by atoms with Crippen molar-refractivity contribution in [3.63, 3.8) is 0 Å². The van der Waals surface area contributed by atoms with Gasteiger partial charge in [-0.05, 0) is 115 Å². The van der Waals surface area contributed by atoms with E-state index in [2.05, 4.69) is 45.2 Å². The van der Waals surface area contributed by atoms with Crippen molar-refractivity contribution >= 4 is 52.5 Å². The summed E-state index contributed by atoms with van der Waals surface area (Å²) in [6, 6.07) is 14.3. The first-order chi connectivity index (χ1) is 47.3. The number of hydrogen-bond acceptors (Lipinski definition) is 13. The van der Waals surface area contributed by atoms with Gasteiger partial charge in [0.2, 0.25) is 0 Å². The van der Waals surface area contributed by atoms with Crippen LogP contribution in [0.2, 0.25) is 15.1 Å². The lowest BCUT2D eigenvalue weighted by atomic mass is 9.95. The van der Waals surface area contributed by atoms with Gasteiger partial charge < -0.3 is 19.4 Å². The Kier molecular flexibility index (Phi) is 22.2. The Morgan fingerprint density at radius 1 is 0.450 bits per heavy atom. The van der Waals surface area contributed by atoms with E-state index in [1.165, 1.54) is 60.5 Å². The number of ether oxygens (including phenoxy) is 1. The van der Waals surface area contributed by atoms with Crippen molar-refractivity contribution < 1.29 is 67.4 Å². The molecule has 0 N–H and O–H groups in total. The largest absolute Gasteiger partial charge is 0.417 e. The number of rotatable bonds is 13. The van der Waals surface area contributed by atoms with Gasteiger partial charge in [-0.25, -0.2) is 38.7 Å². The second-order valence-electron chi connectivity index (χ2n) is 23.9. The lowest BCUT2D eigenvalue weighted by Crippen LogP contribution is -2.43. The molecule has 0 saturated heterocycles. The number of aromatic nitrogens is 12. The molecule has 528 valence electrons. The molecule has 0 saturated carbocycles. The Hall–Kier alpha value is -9.00. The topological polar surface area (TPSA) is 201 Å². The summed E-state index contributed by atoms with van der Waals surface area (Å²) < 4.78 is 155. The SMILES string of the molecule is COCCn1ccc(-c2nc(C)nc3c2CC(C)N(C(=O)c2cccc(C(F)(F)F)c2Cl)C3)n1.Cc1nc2c(c(-c3ccn(CCF)n3)n1)C[C@@H](C)N(C(=O)c1cccc(C(F)(F)F)c1Cl)C2.Cc1nc2c(c(-c3ccn(CCF)n3)n1)C[C@H](C)N(C(=O)c1cccc(C(F)(F)F)c1Cl)C2. The van der Waals surface area contributed by atoms with E-state index < -0.39 is 81.4 Å². The number of aryl methyl sites for hydroxylation is 5. The highest BCUT2D eigenvalue weighted by molar-refractivity contribution is 6.35. The highest BCUT2D eigenvalue weighted by Gasteiger charge is 2.41. The number of amides is 3. The number of halogens is 14. The molecular weight excluding hydrogens is 1390 g/mol. The number of carbonyl (C=O) groups excluding carboxylic acids is 3. The summed E-state index contributed by atoms with van der Waals surface area (Å²) in [4.78, 5) is 71.2. The zero-order valence-electron chi connectivity index (χ0n) is 54.5. The molecule has 9 heterocycles. The highest BCUT2D eigenvalue weighted by Crippen LogP contribution is 2.42. The third-order valence-electron chi connectivity index (χ3n) is 16.9. The van der Waals surface area contributed by atoms with Crippen LogP contribution in [0.1, 0.15) is 120 Å². The number of fused-ring (bicyclic) bond motifs is 3. The maximum atomic E-state index is 13.3. The first-order valence-corrected chi connectivity index (χ1v) is 32.2. The number of carbonyl (C=O) groups is 3. The number of alkyl halides is 11. The molecule has 0 spiro atoms. The van der Waals surface area contributed by atoms with Crippen LogP contribution in [0.15, 0.2) is 91.4 Å². The molecule has 6 aromatic heterocycles. The minimum atomic E-state index is -4.67. The van der Waals surface area contributed by atoms with Crippen molar-refractivity contribution in [2.24, 2.45) is 0 Å². The van der Waals surface area contributed by atoms with Gasteiger partial charge in [0.25, 0.3) is 17.7 Å². The van der Waals surface area contributed by atoms with Crippen LogP contribution in [0.4, 0.5) is 48.3 Å². The molecule has 0 radical (unpaired) electrons. The average molecular weight is 1460 g/mol. The fraction of sp³-hybridized carbons (Fsp3) is 0.373. The Balaban J connectivity index is 0.000000162. The molecule has 100 heavy (non-hydrogen) atoms. The monoisotopic (exact) mass is 1460 g/mol. The number of hydrogen-bond donors (Lipinski definition) is 0. The third-order valence-corrected chi connectivity index (χ3v) is 18.1. The summed E-state index contributed by atoms with van der Waals surface area (Å²) in [6.45, 7) is 11.2. The van der Waals surface area contributed by atoms with Crippen LogP contribution in [0.5, 0.6) is 0 Å². The van der Waals surface area contributed by atoms with Crippen molar-refractivity contribution in [2.45, 2.75) is 137 Å². The van der Waals surface area contributed by atoms with Crippen molar-refractivity contribution in [2.75, 3.05) is 27.1 Å². The molecule has 19 nitrogen and oxygen atoms in total. The van der Waals surface area contributed by atoms with E-state index in [9.17, 15) is 62.7 Å². The molecule has 1 unspecified atom stereocenters. The van der Waals surface area contributed by atoms with Gasteiger partial charge >= 0.3 is 18.5 Å². The van der Waals surface area contributed by atoms with Gasteiger partial charge in [0.15, 0.2) is 0 Å². The Labute approximate surface area is 580 Å². The predicted octanol–water partition coefficient (Wildman–Crippen LogP) is 14.3. The van der Waals surface area contributed by atoms with Gasteiger partial charge in [0.05, 0.1) is 128 Å². The number of methoxy groups -OCH3 is 1. The molecule has 3 atom stereocenters. The summed E-state index contributed by atoms with van der Waals surface area (Å²) in [7, 11) is 1.62. The Bertz CT molecular complexity index is 4350. The summed E-state index contributed by atoms with van der Waals surface area (Å²) in [5.74, 6) is -0.343. The fourth-order valence-corrected chi connectivity index (χ4v) is 13.0. The van der Waals surface area contributed by atoms with Crippen LogP contribution >= 0.6 is 34.8 Å². The van der Waals surface area contributed by atoms with E-state index >= 15 is 0 Å². The molecule has 0 bridgehead atoms. The maximum Gasteiger partial charge on any atom is 0.417 e. The van der Waals surface area contributed by atoms with Gasteiger partial charge in [0, 0.05) is 60.5 Å². The number of nitrogens with zero attached hydrogens (tertiary/aromatic N) is 15. The van der Waals surface area contributed by atoms with Gasteiger partial charge in [-0.3, -0.25) is 28.4 Å². The van der Waals surface area contributed by atoms with Crippen LogP contribution in [-0.4, -0.2) is 137 Å². The molecular formula is C67H63Cl3F11N15O4. The molecule has 3 amide bonds. The van der Waals surface area contributed by atoms with E-state index in [1.54, 1.807) is 70.9 Å². The molecule has 0 aliphatic carbocycles. The summed E-state index contributed by atoms with van der Waals surface area (Å²) >= 11 is 18.0. The molecule has 3 aliphatic heterocycles. The maximum absolute atomic E-state index is 13.3. The standard InChI is InChI=1S/C23H23ClF3N5O2.2C22H20ClF4N5O/c1-13-11-16-19(28-14(2)29-21(16)18-7-8-31(30-18)9-10-34-3)12-32(13)22(33)15-5-4-6-17(20(15)24)23(25,26)27;2*1-12-10-15-18(28-13(2)29-20(15)17-6-8-31(30-17)9-7-24)11-32(12)21(33)14-4-3-5-16(19(14)23)22(25,26)27/h4-8,13H,9-12H2,1-3H3;2*3-6,8,12H,7,9-11H2,1-2H3/t;2*12-/m.10/s1. The third kappa shape index (κ3) is 15.9. The van der Waals surface area contributed by atoms with Gasteiger partial charge in [-0.15, -0.1) is 0 Å². The molecule has 3 aromatic carbocycles. The zero-order chi connectivity index (χ0) is 72.4. The van der Waals surface area contributed by atoms with E-state index in [4.69, 9.17) is 39.5 Å². The predicted molar refractivity (Wildman–Crippen MR) is 346 cm³/mol. The van der Waals surface area contributed by atoms with Crippen LogP contribution in [0.3, 0.4) is 0 Å². The van der Waals surface area contributed by atoms with Gasteiger partial charge in [-0.1, -0.05) is 53.0 Å². The van der Waals surface area contributed by atoms with E-state index in [1.807, 2.05) is 19.2 Å². The first kappa shape index (κ1) is 73.7. The van der Waals surface area contributed by atoms with Crippen LogP contribution in [0.25, 0.3) is 34.2 Å². The minimum absolute atomic E-state index is 0.0868. The molecule has 0 fully saturated rings.